The van der Waals surface area contributed by atoms with Gasteiger partial charge in [0.2, 0.25) is 0 Å². The van der Waals surface area contributed by atoms with Crippen molar-refractivity contribution in [3.63, 3.8) is 0 Å². The molecule has 3 aromatic rings. The van der Waals surface area contributed by atoms with Crippen molar-refractivity contribution in [1.29, 1.82) is 0 Å². The quantitative estimate of drug-likeness (QED) is 0.429. The van der Waals surface area contributed by atoms with E-state index in [-0.39, 0.29) is 6.04 Å². The molecule has 0 aliphatic carbocycles. The van der Waals surface area contributed by atoms with Gasteiger partial charge in [-0.1, -0.05) is 70.5 Å². The molecule has 1 aliphatic rings. The van der Waals surface area contributed by atoms with E-state index in [2.05, 4.69) is 113 Å². The lowest BCUT2D eigenvalue weighted by molar-refractivity contribution is 0.364. The first-order valence-electron chi connectivity index (χ1n) is 10.7. The van der Waals surface area contributed by atoms with E-state index in [0.29, 0.717) is 5.11 Å². The number of hydrogen-bond donors (Lipinski definition) is 1. The summed E-state index contributed by atoms with van der Waals surface area (Å²) in [6.07, 6.45) is 1.73. The third kappa shape index (κ3) is 5.37. The van der Waals surface area contributed by atoms with Crippen LogP contribution in [0.4, 0.5) is 5.69 Å². The Bertz CT molecular complexity index is 1080. The van der Waals surface area contributed by atoms with Crippen LogP contribution in [0.5, 0.6) is 0 Å². The lowest BCUT2D eigenvalue weighted by Crippen LogP contribution is -2.37. The molecule has 32 heavy (non-hydrogen) atoms. The first kappa shape index (κ1) is 22.5. The van der Waals surface area contributed by atoms with Crippen molar-refractivity contribution in [2.45, 2.75) is 18.9 Å². The van der Waals surface area contributed by atoms with Gasteiger partial charge in [-0.3, -0.25) is 0 Å². The fraction of sp³-hybridized carbons (Fsp3) is 0.231. The topological polar surface area (TPSA) is 30.9 Å². The Kier molecular flexibility index (Phi) is 7.22. The molecular weight excluding hydrogens is 480 g/mol. The molecule has 4 nitrogen and oxygen atoms in total. The lowest BCUT2D eigenvalue weighted by Gasteiger charge is -2.25. The van der Waals surface area contributed by atoms with E-state index >= 15 is 0 Å². The molecule has 3 aromatic carbocycles. The number of benzene rings is 3. The van der Waals surface area contributed by atoms with Crippen LogP contribution in [0.2, 0.25) is 0 Å². The number of halogens is 1. The van der Waals surface area contributed by atoms with E-state index in [9.17, 15) is 0 Å². The second kappa shape index (κ2) is 10.3. The molecule has 1 heterocycles. The summed E-state index contributed by atoms with van der Waals surface area (Å²) in [5, 5.41) is 11.0. The third-order valence-electron chi connectivity index (χ3n) is 5.62. The van der Waals surface area contributed by atoms with E-state index < -0.39 is 0 Å². The van der Waals surface area contributed by atoms with Crippen LogP contribution >= 0.6 is 28.1 Å². The predicted octanol–water partition coefficient (Wildman–Crippen LogP) is 5.78. The zero-order valence-electron chi connectivity index (χ0n) is 18.3. The zero-order valence-corrected chi connectivity index (χ0v) is 20.7. The van der Waals surface area contributed by atoms with Gasteiger partial charge in [0.05, 0.1) is 11.8 Å². The van der Waals surface area contributed by atoms with Gasteiger partial charge in [0.25, 0.3) is 0 Å². The van der Waals surface area contributed by atoms with Crippen LogP contribution in [-0.4, -0.2) is 36.5 Å². The second-order valence-corrected chi connectivity index (χ2v) is 9.37. The van der Waals surface area contributed by atoms with Gasteiger partial charge in [-0.2, -0.15) is 5.10 Å². The first-order valence-corrected chi connectivity index (χ1v) is 11.9. The standard InChI is InChI=1S/C26H27BrN4S/c1-30(2)23-14-10-21(11-15-23)25-18-24(20-8-12-22(27)13-9-20)29-31(25)26(32)28-17-16-19-6-4-3-5-7-19/h3-15,25H,16-18H2,1-2H3,(H,28,32). The largest absolute Gasteiger partial charge is 0.378 e. The third-order valence-corrected chi connectivity index (χ3v) is 6.48. The summed E-state index contributed by atoms with van der Waals surface area (Å²) in [7, 11) is 4.11. The number of nitrogens with zero attached hydrogens (tertiary/aromatic N) is 3. The zero-order chi connectivity index (χ0) is 22.5. The van der Waals surface area contributed by atoms with Gasteiger partial charge in [-0.25, -0.2) is 5.01 Å². The maximum absolute atomic E-state index is 5.79. The van der Waals surface area contributed by atoms with E-state index in [1.54, 1.807) is 0 Å². The molecule has 0 radical (unpaired) electrons. The summed E-state index contributed by atoms with van der Waals surface area (Å²) in [5.41, 5.74) is 5.85. The van der Waals surface area contributed by atoms with Gasteiger partial charge in [-0.05, 0) is 59.6 Å². The Hall–Kier alpha value is -2.70. The molecule has 164 valence electrons. The Balaban J connectivity index is 1.53. The van der Waals surface area contributed by atoms with Crippen LogP contribution in [0.25, 0.3) is 0 Å². The first-order chi connectivity index (χ1) is 15.5. The number of nitrogens with one attached hydrogen (secondary N) is 1. The summed E-state index contributed by atoms with van der Waals surface area (Å²) in [4.78, 5) is 2.11. The van der Waals surface area contributed by atoms with Gasteiger partial charge in [0.1, 0.15) is 0 Å². The van der Waals surface area contributed by atoms with Crippen LogP contribution < -0.4 is 10.2 Å². The highest BCUT2D eigenvalue weighted by Gasteiger charge is 2.31. The summed E-state index contributed by atoms with van der Waals surface area (Å²) >= 11 is 9.31. The van der Waals surface area contributed by atoms with Crippen molar-refractivity contribution in [2.75, 3.05) is 25.5 Å². The van der Waals surface area contributed by atoms with Crippen molar-refractivity contribution in [3.8, 4) is 0 Å². The van der Waals surface area contributed by atoms with Crippen molar-refractivity contribution in [3.05, 3.63) is 100 Å². The molecule has 0 saturated heterocycles. The molecule has 1 aliphatic heterocycles. The minimum Gasteiger partial charge on any atom is -0.378 e. The molecule has 6 heteroatoms. The molecule has 1 N–H and O–H groups in total. The summed E-state index contributed by atoms with van der Waals surface area (Å²) in [6, 6.07) is 27.5. The van der Waals surface area contributed by atoms with Crippen molar-refractivity contribution >= 4 is 44.7 Å². The van der Waals surface area contributed by atoms with Crippen LogP contribution in [0, 0.1) is 0 Å². The summed E-state index contributed by atoms with van der Waals surface area (Å²) in [6.45, 7) is 0.773. The predicted molar refractivity (Wildman–Crippen MR) is 141 cm³/mol. The molecule has 1 unspecified atom stereocenters. The Labute approximate surface area is 204 Å². The molecule has 0 bridgehead atoms. The molecule has 1 atom stereocenters. The van der Waals surface area contributed by atoms with Gasteiger partial charge < -0.3 is 10.2 Å². The monoisotopic (exact) mass is 506 g/mol. The van der Waals surface area contributed by atoms with Crippen LogP contribution in [0.3, 0.4) is 0 Å². The summed E-state index contributed by atoms with van der Waals surface area (Å²) < 4.78 is 1.06. The van der Waals surface area contributed by atoms with E-state index in [1.807, 2.05) is 11.1 Å². The normalized spacial score (nSPS) is 15.4. The molecule has 0 aromatic heterocycles. The van der Waals surface area contributed by atoms with E-state index in [0.717, 1.165) is 35.1 Å². The van der Waals surface area contributed by atoms with Gasteiger partial charge in [0, 0.05) is 37.2 Å². The SMILES string of the molecule is CN(C)c1ccc(C2CC(c3ccc(Br)cc3)=NN2C(=S)NCCc2ccccc2)cc1. The Morgan fingerprint density at radius 3 is 2.38 bits per heavy atom. The average molecular weight is 508 g/mol. The number of hydrazone groups is 1. The lowest BCUT2D eigenvalue weighted by atomic mass is 9.98. The van der Waals surface area contributed by atoms with E-state index in [1.165, 1.54) is 16.8 Å². The fourth-order valence-electron chi connectivity index (χ4n) is 3.81. The van der Waals surface area contributed by atoms with Gasteiger partial charge in [0.15, 0.2) is 5.11 Å². The molecule has 0 amide bonds. The molecule has 0 saturated carbocycles. The van der Waals surface area contributed by atoms with Crippen LogP contribution in [-0.2, 0) is 6.42 Å². The van der Waals surface area contributed by atoms with Gasteiger partial charge in [-0.15, -0.1) is 0 Å². The smallest absolute Gasteiger partial charge is 0.190 e. The minimum atomic E-state index is 0.0709. The highest BCUT2D eigenvalue weighted by atomic mass is 79.9. The number of hydrogen-bond acceptors (Lipinski definition) is 3. The van der Waals surface area contributed by atoms with Crippen molar-refractivity contribution in [2.24, 2.45) is 5.10 Å². The second-order valence-electron chi connectivity index (χ2n) is 8.07. The highest BCUT2D eigenvalue weighted by molar-refractivity contribution is 9.10. The van der Waals surface area contributed by atoms with Crippen LogP contribution in [0.1, 0.15) is 29.2 Å². The highest BCUT2D eigenvalue weighted by Crippen LogP contribution is 2.33. The molecule has 0 fully saturated rings. The summed E-state index contributed by atoms with van der Waals surface area (Å²) in [5.74, 6) is 0. The van der Waals surface area contributed by atoms with E-state index in [4.69, 9.17) is 17.3 Å². The van der Waals surface area contributed by atoms with Crippen molar-refractivity contribution in [1.82, 2.24) is 10.3 Å². The molecular formula is C26H27BrN4S. The number of anilines is 1. The Morgan fingerprint density at radius 2 is 1.72 bits per heavy atom. The molecule has 4 rings (SSSR count). The maximum atomic E-state index is 5.79. The number of rotatable bonds is 6. The maximum Gasteiger partial charge on any atom is 0.190 e. The number of thiocarbonyl (C=S) groups is 1. The fourth-order valence-corrected chi connectivity index (χ4v) is 4.34. The minimum absolute atomic E-state index is 0.0709. The Morgan fingerprint density at radius 1 is 1.03 bits per heavy atom. The van der Waals surface area contributed by atoms with Gasteiger partial charge >= 0.3 is 0 Å². The van der Waals surface area contributed by atoms with Crippen molar-refractivity contribution < 1.29 is 0 Å². The average Bonchev–Trinajstić information content (AvgIpc) is 3.26. The molecule has 0 spiro atoms. The van der Waals surface area contributed by atoms with Crippen LogP contribution in [0.15, 0.2) is 88.4 Å².